The Hall–Kier alpha value is -0.600. The van der Waals surface area contributed by atoms with Crippen LogP contribution in [-0.2, 0) is 16.6 Å². The standard InChI is InChI=1S/C15H23F3N4O2S2.HI/c1-19-14(20-8-7-15(16,17)18)21-11-12-5-6-13(25-12)26(23,24)22-9-3-2-4-10-22;/h5-6H,2-4,7-11H2,1H3,(H2,19,20,21);1H. The Bertz CT molecular complexity index is 717. The van der Waals surface area contributed by atoms with Gasteiger partial charge in [0.1, 0.15) is 4.21 Å². The van der Waals surface area contributed by atoms with Gasteiger partial charge in [-0.3, -0.25) is 4.99 Å². The van der Waals surface area contributed by atoms with Gasteiger partial charge in [-0.2, -0.15) is 17.5 Å². The van der Waals surface area contributed by atoms with Crippen molar-refractivity contribution in [2.24, 2.45) is 4.99 Å². The molecule has 0 unspecified atom stereocenters. The summed E-state index contributed by atoms with van der Waals surface area (Å²) >= 11 is 1.16. The molecule has 1 aromatic rings. The summed E-state index contributed by atoms with van der Waals surface area (Å²) in [6, 6.07) is 3.28. The molecule has 1 aliphatic rings. The first-order valence-corrected chi connectivity index (χ1v) is 10.6. The number of hydrogen-bond donors (Lipinski definition) is 2. The van der Waals surface area contributed by atoms with Crippen LogP contribution < -0.4 is 10.6 Å². The van der Waals surface area contributed by atoms with E-state index in [9.17, 15) is 21.6 Å². The highest BCUT2D eigenvalue weighted by Gasteiger charge is 2.28. The van der Waals surface area contributed by atoms with Gasteiger partial charge in [-0.05, 0) is 25.0 Å². The molecule has 0 aromatic carbocycles. The Balaban J connectivity index is 0.00000364. The van der Waals surface area contributed by atoms with Crippen molar-refractivity contribution < 1.29 is 21.6 Å². The molecule has 0 saturated carbocycles. The van der Waals surface area contributed by atoms with Crippen LogP contribution in [0.2, 0.25) is 0 Å². The molecule has 0 atom stereocenters. The predicted octanol–water partition coefficient (Wildman–Crippen LogP) is 3.16. The maximum Gasteiger partial charge on any atom is 0.390 e. The summed E-state index contributed by atoms with van der Waals surface area (Å²) in [7, 11) is -2.00. The molecule has 0 spiro atoms. The molecule has 12 heteroatoms. The molecule has 0 aliphatic carbocycles. The lowest BCUT2D eigenvalue weighted by molar-refractivity contribution is -0.132. The minimum absolute atomic E-state index is 0. The third-order valence-electron chi connectivity index (χ3n) is 3.90. The Morgan fingerprint density at radius 3 is 2.48 bits per heavy atom. The van der Waals surface area contributed by atoms with Gasteiger partial charge >= 0.3 is 6.18 Å². The third-order valence-corrected chi connectivity index (χ3v) is 7.35. The summed E-state index contributed by atoms with van der Waals surface area (Å²) in [4.78, 5) is 4.62. The van der Waals surface area contributed by atoms with Crippen molar-refractivity contribution in [3.63, 3.8) is 0 Å². The Morgan fingerprint density at radius 1 is 1.22 bits per heavy atom. The van der Waals surface area contributed by atoms with Crippen molar-refractivity contribution in [3.05, 3.63) is 17.0 Å². The van der Waals surface area contributed by atoms with Crippen LogP contribution in [0.1, 0.15) is 30.6 Å². The number of thiophene rings is 1. The van der Waals surface area contributed by atoms with Crippen molar-refractivity contribution in [1.82, 2.24) is 14.9 Å². The van der Waals surface area contributed by atoms with E-state index >= 15 is 0 Å². The minimum atomic E-state index is -4.22. The number of halogens is 4. The van der Waals surface area contributed by atoms with Crippen LogP contribution in [0.3, 0.4) is 0 Å². The number of nitrogens with zero attached hydrogens (tertiary/aromatic N) is 2. The molecule has 2 rings (SSSR count). The average Bonchev–Trinajstić information content (AvgIpc) is 3.07. The largest absolute Gasteiger partial charge is 0.390 e. The molecular formula is C15H24F3IN4O2S2. The fourth-order valence-electron chi connectivity index (χ4n) is 2.54. The van der Waals surface area contributed by atoms with Gasteiger partial charge in [0.25, 0.3) is 10.0 Å². The quantitative estimate of drug-likeness (QED) is 0.331. The molecule has 0 amide bonds. The number of alkyl halides is 3. The van der Waals surface area contributed by atoms with E-state index in [1.165, 1.54) is 11.4 Å². The number of guanidine groups is 1. The lowest BCUT2D eigenvalue weighted by Crippen LogP contribution is -2.38. The minimum Gasteiger partial charge on any atom is -0.356 e. The summed E-state index contributed by atoms with van der Waals surface area (Å²) in [5.74, 6) is 0.239. The smallest absolute Gasteiger partial charge is 0.356 e. The zero-order valence-electron chi connectivity index (χ0n) is 14.9. The molecule has 6 nitrogen and oxygen atoms in total. The van der Waals surface area contributed by atoms with Crippen molar-refractivity contribution in [3.8, 4) is 0 Å². The second kappa shape index (κ2) is 10.8. The molecule has 1 saturated heterocycles. The number of nitrogens with one attached hydrogen (secondary N) is 2. The number of aliphatic imine (C=N–C) groups is 1. The first kappa shape index (κ1) is 24.4. The molecule has 2 heterocycles. The molecule has 1 aromatic heterocycles. The highest BCUT2D eigenvalue weighted by Crippen LogP contribution is 2.27. The van der Waals surface area contributed by atoms with E-state index in [4.69, 9.17) is 0 Å². The molecular weight excluding hydrogens is 516 g/mol. The van der Waals surface area contributed by atoms with Gasteiger partial charge < -0.3 is 10.6 Å². The van der Waals surface area contributed by atoms with Gasteiger partial charge in [0.05, 0.1) is 13.0 Å². The maximum atomic E-state index is 12.6. The SMILES string of the molecule is CN=C(NCCC(F)(F)F)NCc1ccc(S(=O)(=O)N2CCCCC2)s1.I. The maximum absolute atomic E-state index is 12.6. The van der Waals surface area contributed by atoms with Gasteiger partial charge in [-0.1, -0.05) is 6.42 Å². The van der Waals surface area contributed by atoms with Gasteiger partial charge in [0.15, 0.2) is 5.96 Å². The summed E-state index contributed by atoms with van der Waals surface area (Å²) in [6.45, 7) is 1.10. The summed E-state index contributed by atoms with van der Waals surface area (Å²) < 4.78 is 63.5. The lowest BCUT2D eigenvalue weighted by atomic mass is 10.2. The van der Waals surface area contributed by atoms with Gasteiger partial charge in [0, 0.05) is 31.6 Å². The molecule has 27 heavy (non-hydrogen) atoms. The van der Waals surface area contributed by atoms with Crippen molar-refractivity contribution in [1.29, 1.82) is 0 Å². The Labute approximate surface area is 178 Å². The lowest BCUT2D eigenvalue weighted by Gasteiger charge is -2.25. The van der Waals surface area contributed by atoms with Gasteiger partial charge in [-0.15, -0.1) is 35.3 Å². The van der Waals surface area contributed by atoms with E-state index < -0.39 is 22.6 Å². The second-order valence-electron chi connectivity index (χ2n) is 5.90. The van der Waals surface area contributed by atoms with Crippen LogP contribution in [0, 0.1) is 0 Å². The van der Waals surface area contributed by atoms with E-state index in [-0.39, 0.29) is 47.2 Å². The van der Waals surface area contributed by atoms with E-state index in [0.29, 0.717) is 13.1 Å². The van der Waals surface area contributed by atoms with Gasteiger partial charge in [-0.25, -0.2) is 8.42 Å². The van der Waals surface area contributed by atoms with Crippen LogP contribution in [0.4, 0.5) is 13.2 Å². The van der Waals surface area contributed by atoms with E-state index in [2.05, 4.69) is 15.6 Å². The normalized spacial score (nSPS) is 16.7. The fourth-order valence-corrected chi connectivity index (χ4v) is 5.51. The van der Waals surface area contributed by atoms with Crippen molar-refractivity contribution in [2.75, 3.05) is 26.7 Å². The highest BCUT2D eigenvalue weighted by atomic mass is 127. The number of piperidine rings is 1. The average molecular weight is 540 g/mol. The molecule has 1 fully saturated rings. The highest BCUT2D eigenvalue weighted by molar-refractivity contribution is 14.0. The Kier molecular flexibility index (Phi) is 9.79. The first-order chi connectivity index (χ1) is 12.2. The fraction of sp³-hybridized carbons (Fsp3) is 0.667. The number of hydrogen-bond acceptors (Lipinski definition) is 4. The van der Waals surface area contributed by atoms with Crippen LogP contribution in [0.5, 0.6) is 0 Å². The van der Waals surface area contributed by atoms with E-state index in [1.54, 1.807) is 12.1 Å². The number of sulfonamides is 1. The predicted molar refractivity (Wildman–Crippen MR) is 111 cm³/mol. The summed E-state index contributed by atoms with van der Waals surface area (Å²) in [6.07, 6.45) is -2.38. The summed E-state index contributed by atoms with van der Waals surface area (Å²) in [5, 5.41) is 5.47. The zero-order chi connectivity index (χ0) is 19.2. The van der Waals surface area contributed by atoms with Crippen LogP contribution in [0.25, 0.3) is 0 Å². The van der Waals surface area contributed by atoms with E-state index in [1.807, 2.05) is 0 Å². The Morgan fingerprint density at radius 2 is 1.89 bits per heavy atom. The van der Waals surface area contributed by atoms with Crippen molar-refractivity contribution >= 4 is 51.3 Å². The monoisotopic (exact) mass is 540 g/mol. The first-order valence-electron chi connectivity index (χ1n) is 8.32. The third kappa shape index (κ3) is 7.74. The van der Waals surface area contributed by atoms with Crippen LogP contribution >= 0.6 is 35.3 Å². The molecule has 2 N–H and O–H groups in total. The van der Waals surface area contributed by atoms with Crippen molar-refractivity contribution in [2.45, 2.75) is 42.6 Å². The van der Waals surface area contributed by atoms with Gasteiger partial charge in [0.2, 0.25) is 0 Å². The van der Waals surface area contributed by atoms with E-state index in [0.717, 1.165) is 35.5 Å². The summed E-state index contributed by atoms with van der Waals surface area (Å²) in [5.41, 5.74) is 0. The van der Waals surface area contributed by atoms with Crippen LogP contribution in [0.15, 0.2) is 21.3 Å². The molecule has 1 aliphatic heterocycles. The topological polar surface area (TPSA) is 73.8 Å². The molecule has 0 bridgehead atoms. The van der Waals surface area contributed by atoms with Crippen LogP contribution in [-0.4, -0.2) is 51.5 Å². The molecule has 0 radical (unpaired) electrons. The number of rotatable bonds is 6. The second-order valence-corrected chi connectivity index (χ2v) is 9.24. The zero-order valence-corrected chi connectivity index (χ0v) is 18.8. The molecule has 156 valence electrons.